The molecule has 43 heteroatoms. The van der Waals surface area contributed by atoms with Crippen molar-refractivity contribution in [3.05, 3.63) is 0 Å². The van der Waals surface area contributed by atoms with Gasteiger partial charge in [-0.25, -0.2) is 28.8 Å². The summed E-state index contributed by atoms with van der Waals surface area (Å²) in [4.78, 5) is 61.2. The van der Waals surface area contributed by atoms with Gasteiger partial charge in [-0.1, -0.05) is 0 Å². The Bertz CT molecular complexity index is 774. The monoisotopic (exact) mass is 1740 g/mol. The summed E-state index contributed by atoms with van der Waals surface area (Å²) in [7, 11) is 0. The average molecular weight is 1740 g/mol. The van der Waals surface area contributed by atoms with Gasteiger partial charge in [0.15, 0.2) is 0 Å². The predicted octanol–water partition coefficient (Wildman–Crippen LogP) is 4.74. The quantitative estimate of drug-likeness (QED) is 0.0389. The number of aliphatic carboxylic acids is 5. The third-order valence-corrected chi connectivity index (χ3v) is 1.21. The SMILES string of the molecule is O=C(O)C(F)(F)F.O=C(O)C(F)(F)F.O=C(O)C(F)(F)F.O=C(O)C(F)(F)F.O=C(O)C(F)(F)F.O=C(O)F.O=CO.OO.OO.[2H][3H].[2H][3H].[2H][3H].[2H][3H].[2H][3H].[Ag+].[Ag+].[Ag+].[Ag+].[Ag+].[Ag].[Ag].[Ag].[Ag]. The largest absolute Gasteiger partial charge is 1.00 e. The summed E-state index contributed by atoms with van der Waals surface area (Å²) in [5.74, 6) is -13.8. The van der Waals surface area contributed by atoms with E-state index in [1.165, 1.54) is 0 Å². The van der Waals surface area contributed by atoms with Gasteiger partial charge in [0.25, 0.3) is 6.47 Å². The molecule has 4 radical (unpaired) electrons. The summed E-state index contributed by atoms with van der Waals surface area (Å²) in [6.07, 6.45) is -27.8. The Labute approximate surface area is 445 Å². The number of carbonyl (C=O) groups is 7. The van der Waals surface area contributed by atoms with Crippen molar-refractivity contribution in [3.63, 3.8) is 0 Å². The number of halogens is 16. The van der Waals surface area contributed by atoms with Crippen molar-refractivity contribution in [2.45, 2.75) is 30.9 Å². The van der Waals surface area contributed by atoms with Crippen LogP contribution in [0.4, 0.5) is 75.0 Å². The van der Waals surface area contributed by atoms with E-state index in [1.54, 1.807) is 0 Å². The predicted molar refractivity (Wildman–Crippen MR) is 107 cm³/mol. The van der Waals surface area contributed by atoms with Crippen LogP contribution in [-0.4, -0.2) is 130 Å². The first-order valence-corrected chi connectivity index (χ1v) is 7.73. The van der Waals surface area contributed by atoms with Crippen LogP contribution >= 0.6 is 0 Å². The van der Waals surface area contributed by atoms with Crippen molar-refractivity contribution in [2.75, 3.05) is 0 Å². The van der Waals surface area contributed by atoms with Crippen LogP contribution in [0.25, 0.3) is 0 Å². The molecule has 0 aromatic heterocycles. The minimum Gasteiger partial charge on any atom is -0.483 e. The fraction of sp³-hybridized carbons (Fsp3) is 0.417. The molecule has 0 unspecified atom stereocenters. The smallest absolute Gasteiger partial charge is 0.483 e. The number of hydrogen-bond donors (Lipinski definition) is 11. The Morgan fingerprint density at radius 2 is 0.418 bits per heavy atom. The molecule has 0 aliphatic heterocycles. The molecule has 0 fully saturated rings. The fourth-order valence-corrected chi connectivity index (χ4v) is 0. The number of carboxylic acids is 5. The Morgan fingerprint density at radius 1 is 0.400 bits per heavy atom. The Morgan fingerprint density at radius 3 is 0.418 bits per heavy atom. The van der Waals surface area contributed by atoms with Gasteiger partial charge in [-0.2, -0.15) is 65.9 Å². The van der Waals surface area contributed by atoms with Gasteiger partial charge in [-0.15, -0.1) is 4.39 Å². The van der Waals surface area contributed by atoms with Gasteiger partial charge in [0.2, 0.25) is 0 Å². The zero-order valence-electron chi connectivity index (χ0n) is 32.6. The maximum absolute atomic E-state index is 10.6. The molecule has 0 bridgehead atoms. The van der Waals surface area contributed by atoms with E-state index in [-0.39, 0.29) is 208 Å². The van der Waals surface area contributed by atoms with E-state index in [1.807, 2.05) is 0 Å². The van der Waals surface area contributed by atoms with Crippen molar-refractivity contribution in [1.82, 2.24) is 0 Å². The summed E-state index contributed by atoms with van der Waals surface area (Å²) in [6.45, 7) is -0.250. The van der Waals surface area contributed by atoms with Gasteiger partial charge in [0.05, 0.1) is 0 Å². The molecule has 0 heterocycles. The molecule has 0 rings (SSSR count). The second-order valence-electron chi connectivity index (χ2n) is 4.37. The molecule has 0 saturated heterocycles. The minimum atomic E-state index is -5.08. The van der Waals surface area contributed by atoms with E-state index in [9.17, 15) is 70.2 Å². The van der Waals surface area contributed by atoms with Crippen LogP contribution < -0.4 is 0 Å². The molecule has 0 aliphatic carbocycles. The van der Waals surface area contributed by atoms with Crippen LogP contribution in [-0.2, 0) is 230 Å². The van der Waals surface area contributed by atoms with Gasteiger partial charge in [0, 0.05) is 104 Å². The van der Waals surface area contributed by atoms with Gasteiger partial charge < -0.3 is 35.7 Å². The van der Waals surface area contributed by atoms with Crippen molar-refractivity contribution >= 4 is 42.5 Å². The van der Waals surface area contributed by atoms with Gasteiger partial charge in [-0.3, -0.25) is 25.8 Å². The number of rotatable bonds is 0. The zero-order valence-corrected chi connectivity index (χ0v) is 36.0. The summed E-state index contributed by atoms with van der Waals surface area (Å²) < 4.78 is 219. The van der Waals surface area contributed by atoms with Crippen LogP contribution in [0.2, 0.25) is 0 Å². The molecule has 55 heavy (non-hydrogen) atoms. The topological polar surface area (TPSA) is 342 Å². The van der Waals surface area contributed by atoms with Gasteiger partial charge >= 0.3 is 179 Å². The third kappa shape index (κ3) is 160. The molecule has 0 amide bonds. The van der Waals surface area contributed by atoms with Crippen molar-refractivity contribution in [2.24, 2.45) is 0 Å². The van der Waals surface area contributed by atoms with Crippen LogP contribution in [0.3, 0.4) is 0 Å². The Kier molecular flexibility index (Phi) is 109. The molecule has 0 spiro atoms. The van der Waals surface area contributed by atoms with E-state index in [2.05, 4.69) is 0 Å². The summed E-state index contributed by atoms with van der Waals surface area (Å²) >= 11 is 0. The van der Waals surface area contributed by atoms with Crippen LogP contribution in [0, 0.1) is 0 Å². The molecule has 0 atom stereocenters. The maximum Gasteiger partial charge on any atom is 1.00 e. The van der Waals surface area contributed by atoms with Gasteiger partial charge in [0.1, 0.15) is 0 Å². The standard InChI is InChI=1S/5C2HF3O2.CHFO2.CH2O2.9Ag.2H2O2.5H2/c5*3-2(4,5)1(6)7;2-1(3)4;2-1-3;;;;;;;;;;2*1-2;;;;;/h5*(H,6,7);(H,3,4);1H,(H,2,3);;;;;;;;;;2*1-2H;5*1H/q;;;;;;;;;;;5*+1;;;;;;;/i;;;;;;;;;;;;;;;;;;5*1+2D. The second-order valence-corrected chi connectivity index (χ2v) is 4.37. The second kappa shape index (κ2) is 64.8. The van der Waals surface area contributed by atoms with E-state index < -0.39 is 67.0 Å². The summed E-state index contributed by atoms with van der Waals surface area (Å²) in [5.41, 5.74) is 0. The molecular weight excluding hydrogens is 1710 g/mol. The number of carboxylic acid groups (broad SMARTS) is 7. The van der Waals surface area contributed by atoms with Crippen molar-refractivity contribution in [3.8, 4) is 0 Å². The van der Waals surface area contributed by atoms with Gasteiger partial charge in [-0.05, 0) is 0 Å². The van der Waals surface area contributed by atoms with Crippen LogP contribution in [0.5, 0.6) is 0 Å². The van der Waals surface area contributed by atoms with E-state index in [0.29, 0.717) is 0 Å². The Hall–Kier alpha value is 1.67. The molecule has 0 aliphatic rings. The number of alkyl halides is 15. The first kappa shape index (κ1) is 92.1. The van der Waals surface area contributed by atoms with Crippen LogP contribution in [0.1, 0.15) is 14.8 Å². The summed E-state index contributed by atoms with van der Waals surface area (Å²) in [5, 5.41) is 73.3. The fourth-order valence-electron chi connectivity index (χ4n) is 0. The molecule has 384 valence electrons. The average Bonchev–Trinajstić information content (AvgIpc) is 3.07. The zero-order chi connectivity index (χ0) is 50.7. The minimum absolute atomic E-state index is 0. The molecular formula is C12H22Ag9F16O18+5. The van der Waals surface area contributed by atoms with E-state index in [4.69, 9.17) is 105 Å². The first-order valence-electron chi connectivity index (χ1n) is 12.7. The van der Waals surface area contributed by atoms with Crippen molar-refractivity contribution in [1.29, 1.82) is 0 Å². The number of hydrogen-bond acceptors (Lipinski definition) is 11. The van der Waals surface area contributed by atoms with Crippen molar-refractivity contribution < 1.29 is 377 Å². The Balaban J connectivity index is -0.0000000142. The summed E-state index contributed by atoms with van der Waals surface area (Å²) in [6, 6.07) is 0. The van der Waals surface area contributed by atoms with E-state index in [0.717, 1.165) is 0 Å². The molecule has 18 nitrogen and oxygen atoms in total. The van der Waals surface area contributed by atoms with Crippen LogP contribution in [0.15, 0.2) is 0 Å². The molecule has 0 saturated carbocycles. The molecule has 0 aromatic carbocycles. The molecule has 11 N–H and O–H groups in total. The third-order valence-electron chi connectivity index (χ3n) is 1.21. The molecule has 0 aromatic rings. The maximum atomic E-state index is 10.6. The van der Waals surface area contributed by atoms with E-state index >= 15 is 0 Å². The first-order chi connectivity index (χ1) is 24.9. The normalized spacial score (nSPS) is 8.80.